The summed E-state index contributed by atoms with van der Waals surface area (Å²) in [6, 6.07) is 6.90. The van der Waals surface area contributed by atoms with Crippen molar-refractivity contribution in [3.63, 3.8) is 0 Å². The highest BCUT2D eigenvalue weighted by Gasteiger charge is 2.20. The summed E-state index contributed by atoms with van der Waals surface area (Å²) in [5.74, 6) is 0.0409. The number of aryl methyl sites for hydroxylation is 1. The van der Waals surface area contributed by atoms with Crippen LogP contribution >= 0.6 is 23.2 Å². The fraction of sp³-hybridized carbons (Fsp3) is 0.263. The topological polar surface area (TPSA) is 55.6 Å². The van der Waals surface area contributed by atoms with E-state index in [-0.39, 0.29) is 15.6 Å². The summed E-state index contributed by atoms with van der Waals surface area (Å²) in [5.41, 5.74) is 2.28. The van der Waals surface area contributed by atoms with E-state index in [0.29, 0.717) is 23.7 Å². The molecule has 0 radical (unpaired) electrons. The number of fused-ring (bicyclic) bond motifs is 1. The van der Waals surface area contributed by atoms with E-state index in [0.717, 1.165) is 18.5 Å². The first-order valence-corrected chi connectivity index (χ1v) is 9.13. The number of pyridine rings is 1. The Balaban J connectivity index is 1.90. The molecule has 3 aromatic rings. The van der Waals surface area contributed by atoms with E-state index in [1.54, 1.807) is 18.2 Å². The second-order valence-electron chi connectivity index (χ2n) is 5.93. The quantitative estimate of drug-likeness (QED) is 0.573. The van der Waals surface area contributed by atoms with Gasteiger partial charge in [-0.1, -0.05) is 36.5 Å². The summed E-state index contributed by atoms with van der Waals surface area (Å²) in [6.07, 6.45) is 5.66. The SMILES string of the molecule is CCCCOc1ccc(Cl)c(C(=O)Nc2cccn3cc(C)nc23)c1Cl. The van der Waals surface area contributed by atoms with E-state index in [4.69, 9.17) is 27.9 Å². The molecule has 1 aromatic carbocycles. The second-order valence-corrected chi connectivity index (χ2v) is 6.71. The molecule has 0 saturated carbocycles. The molecule has 0 unspecified atom stereocenters. The van der Waals surface area contributed by atoms with E-state index in [2.05, 4.69) is 17.2 Å². The third-order valence-electron chi connectivity index (χ3n) is 3.89. The summed E-state index contributed by atoms with van der Waals surface area (Å²) in [6.45, 7) is 4.50. The number of carbonyl (C=O) groups excluding carboxylic acids is 1. The Kier molecular flexibility index (Phi) is 5.69. The first-order chi connectivity index (χ1) is 12.5. The number of amides is 1. The van der Waals surface area contributed by atoms with Gasteiger partial charge in [0, 0.05) is 12.4 Å². The minimum atomic E-state index is -0.408. The van der Waals surface area contributed by atoms with E-state index >= 15 is 0 Å². The number of ether oxygens (including phenoxy) is 1. The van der Waals surface area contributed by atoms with Crippen LogP contribution in [-0.2, 0) is 0 Å². The van der Waals surface area contributed by atoms with Gasteiger partial charge in [-0.2, -0.15) is 0 Å². The lowest BCUT2D eigenvalue weighted by Crippen LogP contribution is -2.14. The maximum absolute atomic E-state index is 12.8. The standard InChI is InChI=1S/C19H19Cl2N3O2/c1-3-4-10-26-15-8-7-13(20)16(17(15)21)19(25)23-14-6-5-9-24-11-12(2)22-18(14)24/h5-9,11H,3-4,10H2,1-2H3,(H,23,25). The lowest BCUT2D eigenvalue weighted by atomic mass is 10.2. The van der Waals surface area contributed by atoms with Gasteiger partial charge in [0.25, 0.3) is 5.91 Å². The van der Waals surface area contributed by atoms with Gasteiger partial charge in [0.05, 0.1) is 33.6 Å². The Bertz CT molecular complexity index is 953. The smallest absolute Gasteiger partial charge is 0.258 e. The Morgan fingerprint density at radius 2 is 2.12 bits per heavy atom. The van der Waals surface area contributed by atoms with Gasteiger partial charge in [-0.3, -0.25) is 4.79 Å². The van der Waals surface area contributed by atoms with Gasteiger partial charge >= 0.3 is 0 Å². The van der Waals surface area contributed by atoms with Gasteiger partial charge in [0.2, 0.25) is 0 Å². The average molecular weight is 392 g/mol. The number of imidazole rings is 1. The maximum Gasteiger partial charge on any atom is 0.258 e. The molecule has 3 rings (SSSR count). The second kappa shape index (κ2) is 7.98. The molecule has 5 nitrogen and oxygen atoms in total. The van der Waals surface area contributed by atoms with Crippen LogP contribution < -0.4 is 10.1 Å². The molecule has 7 heteroatoms. The molecule has 1 amide bonds. The summed E-state index contributed by atoms with van der Waals surface area (Å²) < 4.78 is 7.51. The number of halogens is 2. The molecule has 0 aliphatic heterocycles. The van der Waals surface area contributed by atoms with Crippen molar-refractivity contribution in [2.24, 2.45) is 0 Å². The molecule has 0 aliphatic carbocycles. The number of hydrogen-bond donors (Lipinski definition) is 1. The lowest BCUT2D eigenvalue weighted by molar-refractivity contribution is 0.102. The molecule has 0 spiro atoms. The fourth-order valence-corrected chi connectivity index (χ4v) is 3.19. The number of carbonyl (C=O) groups is 1. The number of rotatable bonds is 6. The predicted molar refractivity (Wildman–Crippen MR) is 105 cm³/mol. The van der Waals surface area contributed by atoms with Crippen molar-refractivity contribution in [2.45, 2.75) is 26.7 Å². The highest BCUT2D eigenvalue weighted by atomic mass is 35.5. The Hall–Kier alpha value is -2.24. The minimum absolute atomic E-state index is 0.188. The van der Waals surface area contributed by atoms with Crippen LogP contribution in [0, 0.1) is 6.92 Å². The van der Waals surface area contributed by atoms with Gasteiger partial charge in [-0.15, -0.1) is 0 Å². The largest absolute Gasteiger partial charge is 0.492 e. The van der Waals surface area contributed by atoms with Crippen LogP contribution in [0.25, 0.3) is 5.65 Å². The number of hydrogen-bond acceptors (Lipinski definition) is 3. The van der Waals surface area contributed by atoms with Gasteiger partial charge in [-0.05, 0) is 37.6 Å². The van der Waals surface area contributed by atoms with E-state index in [1.807, 2.05) is 29.8 Å². The molecular formula is C19H19Cl2N3O2. The summed E-state index contributed by atoms with van der Waals surface area (Å²) in [7, 11) is 0. The Labute approximate surface area is 161 Å². The molecule has 2 heterocycles. The van der Waals surface area contributed by atoms with Crippen LogP contribution in [0.3, 0.4) is 0 Å². The molecule has 0 fully saturated rings. The highest BCUT2D eigenvalue weighted by molar-refractivity contribution is 6.41. The molecule has 1 N–H and O–H groups in total. The van der Waals surface area contributed by atoms with E-state index in [9.17, 15) is 4.79 Å². The normalized spacial score (nSPS) is 10.9. The lowest BCUT2D eigenvalue weighted by Gasteiger charge is -2.13. The first-order valence-electron chi connectivity index (χ1n) is 8.37. The van der Waals surface area contributed by atoms with Crippen molar-refractivity contribution in [1.82, 2.24) is 9.38 Å². The summed E-state index contributed by atoms with van der Waals surface area (Å²) in [5, 5.41) is 3.32. The van der Waals surface area contributed by atoms with Crippen molar-refractivity contribution in [1.29, 1.82) is 0 Å². The van der Waals surface area contributed by atoms with Gasteiger partial charge in [0.15, 0.2) is 5.65 Å². The Morgan fingerprint density at radius 3 is 2.88 bits per heavy atom. The molecule has 2 aromatic heterocycles. The minimum Gasteiger partial charge on any atom is -0.492 e. The molecule has 0 atom stereocenters. The first kappa shape index (κ1) is 18.5. The number of nitrogens with zero attached hydrogens (tertiary/aromatic N) is 2. The van der Waals surface area contributed by atoms with Crippen LogP contribution in [-0.4, -0.2) is 21.9 Å². The van der Waals surface area contributed by atoms with Crippen molar-refractivity contribution < 1.29 is 9.53 Å². The van der Waals surface area contributed by atoms with Crippen LogP contribution in [0.2, 0.25) is 10.0 Å². The zero-order chi connectivity index (χ0) is 18.7. The molecular weight excluding hydrogens is 373 g/mol. The molecule has 136 valence electrons. The van der Waals surface area contributed by atoms with Crippen LogP contribution in [0.15, 0.2) is 36.7 Å². The number of nitrogens with one attached hydrogen (secondary N) is 1. The number of unbranched alkanes of at least 4 members (excludes halogenated alkanes) is 1. The van der Waals surface area contributed by atoms with Gasteiger partial charge in [-0.25, -0.2) is 4.98 Å². The number of aromatic nitrogens is 2. The highest BCUT2D eigenvalue weighted by Crippen LogP contribution is 2.34. The zero-order valence-corrected chi connectivity index (χ0v) is 16.1. The number of benzene rings is 1. The third-order valence-corrected chi connectivity index (χ3v) is 4.58. The summed E-state index contributed by atoms with van der Waals surface area (Å²) in [4.78, 5) is 17.2. The monoisotopic (exact) mass is 391 g/mol. The van der Waals surface area contributed by atoms with Gasteiger partial charge in [0.1, 0.15) is 5.75 Å². The van der Waals surface area contributed by atoms with Crippen LogP contribution in [0.1, 0.15) is 35.8 Å². The Morgan fingerprint density at radius 1 is 1.31 bits per heavy atom. The zero-order valence-electron chi connectivity index (χ0n) is 14.6. The van der Waals surface area contributed by atoms with Crippen molar-refractivity contribution in [2.75, 3.05) is 11.9 Å². The number of anilines is 1. The van der Waals surface area contributed by atoms with Gasteiger partial charge < -0.3 is 14.5 Å². The fourth-order valence-electron chi connectivity index (χ4n) is 2.60. The summed E-state index contributed by atoms with van der Waals surface area (Å²) >= 11 is 12.6. The van der Waals surface area contributed by atoms with Crippen LogP contribution in [0.5, 0.6) is 5.75 Å². The van der Waals surface area contributed by atoms with E-state index < -0.39 is 5.91 Å². The molecule has 0 bridgehead atoms. The van der Waals surface area contributed by atoms with Crippen molar-refractivity contribution >= 4 is 40.4 Å². The molecule has 0 aliphatic rings. The third kappa shape index (κ3) is 3.79. The molecule has 0 saturated heterocycles. The van der Waals surface area contributed by atoms with Crippen LogP contribution in [0.4, 0.5) is 5.69 Å². The average Bonchev–Trinajstić information content (AvgIpc) is 2.98. The van der Waals surface area contributed by atoms with Crippen molar-refractivity contribution in [3.05, 3.63) is 58.0 Å². The van der Waals surface area contributed by atoms with Crippen molar-refractivity contribution in [3.8, 4) is 5.75 Å². The van der Waals surface area contributed by atoms with E-state index in [1.165, 1.54) is 0 Å². The maximum atomic E-state index is 12.8. The molecule has 26 heavy (non-hydrogen) atoms. The predicted octanol–water partition coefficient (Wildman–Crippen LogP) is 5.38.